The van der Waals surface area contributed by atoms with Crippen molar-refractivity contribution < 1.29 is 14.6 Å². The minimum absolute atomic E-state index is 0.0269. The predicted octanol–water partition coefficient (Wildman–Crippen LogP) is 2.44. The van der Waals surface area contributed by atoms with E-state index in [0.29, 0.717) is 12.6 Å². The Morgan fingerprint density at radius 2 is 2.16 bits per heavy atom. The Balaban J connectivity index is 2.00. The van der Waals surface area contributed by atoms with Gasteiger partial charge in [0, 0.05) is 19.2 Å². The molecule has 1 N–H and O–H groups in total. The van der Waals surface area contributed by atoms with Crippen molar-refractivity contribution in [3.8, 4) is 0 Å². The first-order valence-electron chi connectivity index (χ1n) is 7.36. The van der Waals surface area contributed by atoms with Crippen molar-refractivity contribution in [1.82, 2.24) is 4.90 Å². The van der Waals surface area contributed by atoms with Crippen LogP contribution < -0.4 is 0 Å². The topological polar surface area (TPSA) is 49.8 Å². The van der Waals surface area contributed by atoms with Crippen LogP contribution in [0.3, 0.4) is 0 Å². The molecule has 1 saturated carbocycles. The highest BCUT2D eigenvalue weighted by Crippen LogP contribution is 2.39. The maximum Gasteiger partial charge on any atom is 0.317 e. The molecular weight excluding hydrogens is 242 g/mol. The lowest BCUT2D eigenvalue weighted by molar-refractivity contribution is -0.144. The van der Waals surface area contributed by atoms with Gasteiger partial charge in [-0.1, -0.05) is 25.3 Å². The monoisotopic (exact) mass is 267 g/mol. The number of rotatable bonds is 5. The number of hydrogen-bond donors (Lipinski definition) is 1. The van der Waals surface area contributed by atoms with Crippen molar-refractivity contribution in [2.24, 2.45) is 0 Å². The summed E-state index contributed by atoms with van der Waals surface area (Å²) in [4.78, 5) is 13.0. The summed E-state index contributed by atoms with van der Waals surface area (Å²) in [6.45, 7) is 5.25. The third-order valence-electron chi connectivity index (χ3n) is 4.45. The maximum absolute atomic E-state index is 11.0. The molecule has 4 nitrogen and oxygen atoms in total. The average Bonchev–Trinajstić information content (AvgIpc) is 2.39. The second kappa shape index (κ2) is 6.53. The highest BCUT2D eigenvalue weighted by atomic mass is 16.5. The van der Waals surface area contributed by atoms with Gasteiger partial charge in [0.25, 0.3) is 0 Å². The zero-order valence-corrected chi connectivity index (χ0v) is 11.6. The Morgan fingerprint density at radius 1 is 1.42 bits per heavy atom. The number of carboxylic acid groups (broad SMARTS) is 1. The van der Waals surface area contributed by atoms with Crippen LogP contribution in [0, 0.1) is 0 Å². The second-order valence-corrected chi connectivity index (χ2v) is 5.85. The van der Waals surface area contributed by atoms with E-state index in [2.05, 4.69) is 6.58 Å². The molecule has 108 valence electrons. The van der Waals surface area contributed by atoms with Gasteiger partial charge in [0.15, 0.2) is 0 Å². The van der Waals surface area contributed by atoms with E-state index in [0.717, 1.165) is 32.3 Å². The van der Waals surface area contributed by atoms with E-state index in [9.17, 15) is 4.79 Å². The summed E-state index contributed by atoms with van der Waals surface area (Å²) >= 11 is 0. The van der Waals surface area contributed by atoms with E-state index in [1.54, 1.807) is 6.08 Å². The van der Waals surface area contributed by atoms with Gasteiger partial charge in [-0.25, -0.2) is 0 Å². The van der Waals surface area contributed by atoms with Crippen LogP contribution in [0.25, 0.3) is 0 Å². The highest BCUT2D eigenvalue weighted by Gasteiger charge is 2.40. The standard InChI is InChI=1S/C15H25NO3/c1-2-9-16(12-14(17)18)13-6-10-19-15(11-13)7-4-3-5-8-15/h2,13H,1,3-12H2,(H,17,18). The zero-order chi connectivity index (χ0) is 13.7. The number of aliphatic carboxylic acids is 1. The fourth-order valence-electron chi connectivity index (χ4n) is 3.54. The van der Waals surface area contributed by atoms with Crippen molar-refractivity contribution in [2.45, 2.75) is 56.6 Å². The summed E-state index contributed by atoms with van der Waals surface area (Å²) < 4.78 is 6.07. The first-order valence-corrected chi connectivity index (χ1v) is 7.36. The van der Waals surface area contributed by atoms with Gasteiger partial charge in [-0.3, -0.25) is 9.69 Å². The number of carbonyl (C=O) groups is 1. The molecule has 1 unspecified atom stereocenters. The molecule has 1 spiro atoms. The Morgan fingerprint density at radius 3 is 2.79 bits per heavy atom. The van der Waals surface area contributed by atoms with Crippen LogP contribution in [0.2, 0.25) is 0 Å². The molecule has 0 aromatic rings. The fraction of sp³-hybridized carbons (Fsp3) is 0.800. The summed E-state index contributed by atoms with van der Waals surface area (Å²) in [6, 6.07) is 0.320. The molecule has 19 heavy (non-hydrogen) atoms. The quantitative estimate of drug-likeness (QED) is 0.777. The molecule has 2 rings (SSSR count). The normalized spacial score (nSPS) is 26.5. The highest BCUT2D eigenvalue weighted by molar-refractivity contribution is 5.69. The first kappa shape index (κ1) is 14.5. The van der Waals surface area contributed by atoms with Crippen LogP contribution in [-0.2, 0) is 9.53 Å². The molecule has 1 saturated heterocycles. The Labute approximate surface area is 115 Å². The fourth-order valence-corrected chi connectivity index (χ4v) is 3.54. The molecule has 4 heteroatoms. The van der Waals surface area contributed by atoms with E-state index < -0.39 is 5.97 Å². The minimum atomic E-state index is -0.758. The molecule has 0 radical (unpaired) electrons. The van der Waals surface area contributed by atoms with Crippen LogP contribution in [0.1, 0.15) is 44.9 Å². The van der Waals surface area contributed by atoms with E-state index in [1.165, 1.54) is 19.3 Å². The molecule has 0 aromatic carbocycles. The molecule has 0 bridgehead atoms. The summed E-state index contributed by atoms with van der Waals surface area (Å²) in [7, 11) is 0. The van der Waals surface area contributed by atoms with Crippen molar-refractivity contribution in [2.75, 3.05) is 19.7 Å². The summed E-state index contributed by atoms with van der Waals surface area (Å²) in [6.07, 6.45) is 9.78. The lowest BCUT2D eigenvalue weighted by Gasteiger charge is -2.46. The zero-order valence-electron chi connectivity index (χ0n) is 11.6. The SMILES string of the molecule is C=CCN(CC(=O)O)C1CCOC2(CCCCC2)C1. The third kappa shape index (κ3) is 3.80. The summed E-state index contributed by atoms with van der Waals surface area (Å²) in [5.41, 5.74) is 0.0269. The molecule has 1 atom stereocenters. The lowest BCUT2D eigenvalue weighted by atomic mass is 9.78. The maximum atomic E-state index is 11.0. The van der Waals surface area contributed by atoms with Gasteiger partial charge in [-0.2, -0.15) is 0 Å². The van der Waals surface area contributed by atoms with Crippen molar-refractivity contribution in [3.05, 3.63) is 12.7 Å². The second-order valence-electron chi connectivity index (χ2n) is 5.85. The largest absolute Gasteiger partial charge is 0.480 e. The smallest absolute Gasteiger partial charge is 0.317 e. The Hall–Kier alpha value is -0.870. The number of hydrogen-bond acceptors (Lipinski definition) is 3. The average molecular weight is 267 g/mol. The molecular formula is C15H25NO3. The van der Waals surface area contributed by atoms with E-state index in [4.69, 9.17) is 9.84 Å². The van der Waals surface area contributed by atoms with Gasteiger partial charge in [0.05, 0.1) is 12.1 Å². The van der Waals surface area contributed by atoms with Crippen LogP contribution >= 0.6 is 0 Å². The van der Waals surface area contributed by atoms with Crippen LogP contribution in [0.4, 0.5) is 0 Å². The first-order chi connectivity index (χ1) is 9.15. The van der Waals surface area contributed by atoms with E-state index >= 15 is 0 Å². The van der Waals surface area contributed by atoms with Gasteiger partial charge in [-0.15, -0.1) is 6.58 Å². The van der Waals surface area contributed by atoms with Crippen LogP contribution in [-0.4, -0.2) is 47.3 Å². The molecule has 0 aromatic heterocycles. The molecule has 1 aliphatic carbocycles. The molecule has 2 aliphatic rings. The van der Waals surface area contributed by atoms with Crippen LogP contribution in [0.5, 0.6) is 0 Å². The lowest BCUT2D eigenvalue weighted by Crippen LogP contribution is -2.50. The van der Waals surface area contributed by atoms with Gasteiger partial charge in [-0.05, 0) is 25.7 Å². The molecule has 1 aliphatic heterocycles. The van der Waals surface area contributed by atoms with Crippen LogP contribution in [0.15, 0.2) is 12.7 Å². The molecule has 0 amide bonds. The Bertz CT molecular complexity index is 318. The predicted molar refractivity (Wildman–Crippen MR) is 74.2 cm³/mol. The van der Waals surface area contributed by atoms with Gasteiger partial charge in [0.1, 0.15) is 0 Å². The van der Waals surface area contributed by atoms with Crippen molar-refractivity contribution in [1.29, 1.82) is 0 Å². The Kier molecular flexibility index (Phi) is 4.99. The summed E-state index contributed by atoms with van der Waals surface area (Å²) in [5.74, 6) is -0.758. The van der Waals surface area contributed by atoms with Gasteiger partial charge in [0.2, 0.25) is 0 Å². The van der Waals surface area contributed by atoms with Crippen molar-refractivity contribution >= 4 is 5.97 Å². The van der Waals surface area contributed by atoms with Gasteiger partial charge >= 0.3 is 5.97 Å². The molecule has 2 fully saturated rings. The molecule has 1 heterocycles. The van der Waals surface area contributed by atoms with Gasteiger partial charge < -0.3 is 9.84 Å². The van der Waals surface area contributed by atoms with Crippen molar-refractivity contribution in [3.63, 3.8) is 0 Å². The third-order valence-corrected chi connectivity index (χ3v) is 4.45. The van der Waals surface area contributed by atoms with E-state index in [-0.39, 0.29) is 12.1 Å². The number of nitrogens with zero attached hydrogens (tertiary/aromatic N) is 1. The summed E-state index contributed by atoms with van der Waals surface area (Å²) in [5, 5.41) is 9.04. The number of carboxylic acids is 1. The number of ether oxygens (including phenoxy) is 1. The van der Waals surface area contributed by atoms with E-state index in [1.807, 2.05) is 4.90 Å². The minimum Gasteiger partial charge on any atom is -0.480 e.